The summed E-state index contributed by atoms with van der Waals surface area (Å²) >= 11 is 4.05. The fraction of sp³-hybridized carbons (Fsp3) is 0.667. The molecule has 346 valence electrons. The highest BCUT2D eigenvalue weighted by Gasteiger charge is 2.32. The van der Waals surface area contributed by atoms with E-state index in [4.69, 9.17) is 63.1 Å². The summed E-state index contributed by atoms with van der Waals surface area (Å²) in [6.45, 7) is 0.702. The van der Waals surface area contributed by atoms with Crippen LogP contribution in [0.1, 0.15) is 70.6 Å². The van der Waals surface area contributed by atoms with Crippen molar-refractivity contribution in [3.05, 3.63) is 0 Å². The van der Waals surface area contributed by atoms with Gasteiger partial charge in [-0.2, -0.15) is 12.6 Å². The molecule has 0 fully saturated rings. The Balaban J connectivity index is 6.58. The molecule has 0 aromatic rings. The van der Waals surface area contributed by atoms with E-state index in [1.807, 2.05) is 0 Å². The number of nitrogens with zero attached hydrogens (tertiary/aromatic N) is 5. The SMILES string of the molecule is NC(=O)[C@@H](CS)NC(=O)[C@@H](CCCN=C(N)N)NC(=O)[C@@H](CCCN=C(N)N)NC(=O)[C@@H](CCCN=C(N)N)NC(=O)[C@@H](CCCN=C(N)N)NC(=O)CCCCN=C(N)N. The number of amides is 6. The first kappa shape index (κ1) is 54.5. The van der Waals surface area contributed by atoms with Gasteiger partial charge in [0.1, 0.15) is 30.2 Å². The minimum atomic E-state index is -1.32. The molecule has 27 nitrogen and oxygen atoms in total. The quantitative estimate of drug-likeness (QED) is 0.0129. The number of nitrogens with one attached hydrogen (secondary N) is 5. The lowest BCUT2D eigenvalue weighted by molar-refractivity contribution is -0.135. The van der Waals surface area contributed by atoms with E-state index >= 15 is 0 Å². The highest BCUT2D eigenvalue weighted by molar-refractivity contribution is 7.80. The Morgan fingerprint density at radius 3 is 0.902 bits per heavy atom. The monoisotopic (exact) mass is 886 g/mol. The molecule has 0 spiro atoms. The molecule has 0 aliphatic rings. The van der Waals surface area contributed by atoms with Gasteiger partial charge in [0.2, 0.25) is 35.4 Å². The number of carbonyl (C=O) groups is 6. The molecule has 0 saturated carbocycles. The van der Waals surface area contributed by atoms with E-state index < -0.39 is 65.7 Å². The molecule has 0 unspecified atom stereocenters. The van der Waals surface area contributed by atoms with Crippen LogP contribution in [0.2, 0.25) is 0 Å². The van der Waals surface area contributed by atoms with E-state index in [-0.39, 0.29) is 120 Å². The largest absolute Gasteiger partial charge is 0.370 e. The number of rotatable bonds is 32. The van der Waals surface area contributed by atoms with Gasteiger partial charge in [0.05, 0.1) is 0 Å². The summed E-state index contributed by atoms with van der Waals surface area (Å²) in [6, 6.07) is -6.17. The van der Waals surface area contributed by atoms with Crippen LogP contribution in [0.4, 0.5) is 0 Å². The van der Waals surface area contributed by atoms with Crippen LogP contribution in [0.15, 0.2) is 25.0 Å². The Hall–Kier alpha value is -6.48. The van der Waals surface area contributed by atoms with Crippen molar-refractivity contribution in [2.75, 3.05) is 38.5 Å². The summed E-state index contributed by atoms with van der Waals surface area (Å²) in [7, 11) is 0. The van der Waals surface area contributed by atoms with Gasteiger partial charge in [-0.1, -0.05) is 0 Å². The number of aliphatic imine (C=N–C) groups is 5. The molecule has 0 bridgehead atoms. The second kappa shape index (κ2) is 31.4. The summed E-state index contributed by atoms with van der Waals surface area (Å²) in [6.07, 6.45) is 1.82. The van der Waals surface area contributed by atoms with Crippen molar-refractivity contribution in [3.63, 3.8) is 0 Å². The number of primary amides is 1. The molecule has 0 aromatic carbocycles. The molecule has 0 aliphatic heterocycles. The summed E-state index contributed by atoms with van der Waals surface area (Å²) < 4.78 is 0. The average molecular weight is 886 g/mol. The molecule has 6 amide bonds. The first-order valence-electron chi connectivity index (χ1n) is 19.4. The van der Waals surface area contributed by atoms with Gasteiger partial charge in [-0.3, -0.25) is 53.7 Å². The van der Waals surface area contributed by atoms with Gasteiger partial charge in [0.15, 0.2) is 29.8 Å². The average Bonchev–Trinajstić information content (AvgIpc) is 3.17. The predicted molar refractivity (Wildman–Crippen MR) is 237 cm³/mol. The first-order valence-corrected chi connectivity index (χ1v) is 20.1. The van der Waals surface area contributed by atoms with E-state index in [2.05, 4.69) is 64.2 Å². The van der Waals surface area contributed by atoms with Gasteiger partial charge in [0, 0.05) is 44.9 Å². The van der Waals surface area contributed by atoms with Gasteiger partial charge >= 0.3 is 0 Å². The predicted octanol–water partition coefficient (Wildman–Crippen LogP) is -7.52. The van der Waals surface area contributed by atoms with Gasteiger partial charge in [-0.15, -0.1) is 0 Å². The Labute approximate surface area is 360 Å². The van der Waals surface area contributed by atoms with Crippen molar-refractivity contribution in [2.45, 2.75) is 101 Å². The third kappa shape index (κ3) is 27.8. The van der Waals surface area contributed by atoms with Crippen LogP contribution in [-0.2, 0) is 28.8 Å². The highest BCUT2D eigenvalue weighted by atomic mass is 32.1. The lowest BCUT2D eigenvalue weighted by Crippen LogP contribution is -2.59. The Bertz CT molecular complexity index is 1550. The van der Waals surface area contributed by atoms with E-state index in [0.717, 1.165) is 0 Å². The van der Waals surface area contributed by atoms with Crippen LogP contribution in [-0.4, -0.2) is 134 Å². The number of hydrogen-bond donors (Lipinski definition) is 17. The Morgan fingerprint density at radius 2 is 0.639 bits per heavy atom. The lowest BCUT2D eigenvalue weighted by Gasteiger charge is -2.27. The van der Waals surface area contributed by atoms with Crippen LogP contribution >= 0.6 is 12.6 Å². The van der Waals surface area contributed by atoms with Gasteiger partial charge in [0.25, 0.3) is 0 Å². The molecule has 27 N–H and O–H groups in total. The van der Waals surface area contributed by atoms with Gasteiger partial charge in [-0.25, -0.2) is 0 Å². The van der Waals surface area contributed by atoms with Crippen molar-refractivity contribution >= 4 is 77.9 Å². The molecule has 61 heavy (non-hydrogen) atoms. The van der Waals surface area contributed by atoms with E-state index in [9.17, 15) is 28.8 Å². The molecule has 5 atom stereocenters. The number of unbranched alkanes of at least 4 members (excludes halogenated alkanes) is 1. The van der Waals surface area contributed by atoms with E-state index in [1.165, 1.54) is 0 Å². The van der Waals surface area contributed by atoms with E-state index in [0.29, 0.717) is 19.4 Å². The third-order valence-electron chi connectivity index (χ3n) is 8.28. The molecule has 0 heterocycles. The maximum absolute atomic E-state index is 14.0. The van der Waals surface area contributed by atoms with Crippen LogP contribution in [0, 0.1) is 0 Å². The molecule has 0 saturated heterocycles. The fourth-order valence-corrected chi connectivity index (χ4v) is 5.53. The number of hydrogen-bond acceptors (Lipinski definition) is 12. The minimum absolute atomic E-state index is 0.00287. The molecular weight excluding hydrogens is 819 g/mol. The first-order chi connectivity index (χ1) is 28.8. The third-order valence-corrected chi connectivity index (χ3v) is 8.65. The molecule has 0 rings (SSSR count). The maximum atomic E-state index is 14.0. The topological polar surface area (TPSA) is 511 Å². The van der Waals surface area contributed by atoms with Gasteiger partial charge < -0.3 is 89.7 Å². The molecule has 0 radical (unpaired) electrons. The Kier molecular flexibility index (Phi) is 28.1. The van der Waals surface area contributed by atoms with Crippen molar-refractivity contribution in [1.82, 2.24) is 26.6 Å². The lowest BCUT2D eigenvalue weighted by atomic mass is 10.0. The van der Waals surface area contributed by atoms with Crippen molar-refractivity contribution in [3.8, 4) is 0 Å². The standard InChI is InChI=1S/C33H67N21O6S/c34-24(56)22(17-61)54-28(60)21(10-6-16-49-33(43)44)53-27(59)20(9-5-15-48-32(41)42)52-26(58)19(8-4-14-47-31(39)40)51-25(57)18(7-3-13-46-30(37)38)50-23(55)11-1-2-12-45-29(35)36/h18-22,61H,1-17H2,(H2,34,56)(H,50,55)(H,51,57)(H,52,58)(H,53,59)(H,54,60)(H4,35,36,45)(H4,37,38,46)(H4,39,40,47)(H4,41,42,48)(H4,43,44,49)/t18-,19-,20-,21-,22-/m1/s1. The second-order valence-electron chi connectivity index (χ2n) is 13.5. The number of guanidine groups is 5. The van der Waals surface area contributed by atoms with Crippen molar-refractivity contribution < 1.29 is 28.8 Å². The maximum Gasteiger partial charge on any atom is 0.243 e. The highest BCUT2D eigenvalue weighted by Crippen LogP contribution is 2.09. The van der Waals surface area contributed by atoms with Crippen molar-refractivity contribution in [2.24, 2.45) is 88.0 Å². The molecule has 28 heteroatoms. The van der Waals surface area contributed by atoms with Crippen LogP contribution in [0.25, 0.3) is 0 Å². The van der Waals surface area contributed by atoms with Crippen molar-refractivity contribution in [1.29, 1.82) is 0 Å². The number of nitrogens with two attached hydrogens (primary N) is 11. The minimum Gasteiger partial charge on any atom is -0.370 e. The van der Waals surface area contributed by atoms with Crippen LogP contribution in [0.5, 0.6) is 0 Å². The second-order valence-corrected chi connectivity index (χ2v) is 13.9. The summed E-state index contributed by atoms with van der Waals surface area (Å²) in [5.41, 5.74) is 59.6. The number of thiol groups is 1. The summed E-state index contributed by atoms with van der Waals surface area (Å²) in [5.74, 6) is -5.37. The van der Waals surface area contributed by atoms with Crippen LogP contribution < -0.4 is 89.7 Å². The normalized spacial score (nSPS) is 12.9. The molecule has 0 aliphatic carbocycles. The van der Waals surface area contributed by atoms with E-state index in [1.54, 1.807) is 0 Å². The van der Waals surface area contributed by atoms with Gasteiger partial charge in [-0.05, 0) is 64.2 Å². The Morgan fingerprint density at radius 1 is 0.377 bits per heavy atom. The smallest absolute Gasteiger partial charge is 0.243 e. The molecule has 0 aromatic heterocycles. The summed E-state index contributed by atoms with van der Waals surface area (Å²) in [4.78, 5) is 99.5. The zero-order valence-corrected chi connectivity index (χ0v) is 35.3. The number of carbonyl (C=O) groups excluding carboxylic acids is 6. The summed E-state index contributed by atoms with van der Waals surface area (Å²) in [5, 5.41) is 13.1. The molecular formula is C33H67N21O6S. The zero-order valence-electron chi connectivity index (χ0n) is 34.4. The van der Waals surface area contributed by atoms with Crippen LogP contribution in [0.3, 0.4) is 0 Å². The fourth-order valence-electron chi connectivity index (χ4n) is 5.26. The zero-order chi connectivity index (χ0) is 46.3.